The van der Waals surface area contributed by atoms with Crippen molar-refractivity contribution in [3.05, 3.63) is 0 Å². The first-order valence-electron chi connectivity index (χ1n) is 6.57. The Bertz CT molecular complexity index is 297. The summed E-state index contributed by atoms with van der Waals surface area (Å²) < 4.78 is 22.3. The van der Waals surface area contributed by atoms with E-state index >= 15 is 0 Å². The van der Waals surface area contributed by atoms with Gasteiger partial charge in [-0.15, -0.1) is 0 Å². The number of unbranched alkanes of at least 4 members (excludes halogenated alkanes) is 2. The van der Waals surface area contributed by atoms with E-state index in [1.54, 1.807) is 0 Å². The fourth-order valence-corrected chi connectivity index (χ4v) is 2.93. The SMILES string of the molecule is CCCCCC(C)(C)CNC(C)CS(C)(=O)=O. The van der Waals surface area contributed by atoms with Gasteiger partial charge in [-0.2, -0.15) is 0 Å². The van der Waals surface area contributed by atoms with Gasteiger partial charge in [0.2, 0.25) is 0 Å². The van der Waals surface area contributed by atoms with Crippen LogP contribution in [-0.2, 0) is 9.84 Å². The number of rotatable bonds is 9. The molecule has 0 aliphatic heterocycles. The number of hydrogen-bond donors (Lipinski definition) is 1. The summed E-state index contributed by atoms with van der Waals surface area (Å²) in [6.45, 7) is 9.50. The summed E-state index contributed by atoms with van der Waals surface area (Å²) >= 11 is 0. The Morgan fingerprint density at radius 3 is 2.29 bits per heavy atom. The zero-order chi connectivity index (χ0) is 13.5. The summed E-state index contributed by atoms with van der Waals surface area (Å²) in [7, 11) is -2.87. The van der Waals surface area contributed by atoms with Crippen LogP contribution in [0.5, 0.6) is 0 Å². The van der Waals surface area contributed by atoms with Crippen LogP contribution in [0.2, 0.25) is 0 Å². The monoisotopic (exact) mass is 263 g/mol. The molecule has 0 aliphatic carbocycles. The van der Waals surface area contributed by atoms with E-state index in [1.165, 1.54) is 31.9 Å². The summed E-state index contributed by atoms with van der Waals surface area (Å²) in [5.74, 6) is 0.220. The first kappa shape index (κ1) is 16.9. The van der Waals surface area contributed by atoms with Crippen LogP contribution in [-0.4, -0.2) is 33.0 Å². The molecule has 0 aromatic rings. The maximum absolute atomic E-state index is 11.1. The highest BCUT2D eigenvalue weighted by molar-refractivity contribution is 7.90. The van der Waals surface area contributed by atoms with Crippen LogP contribution < -0.4 is 5.32 Å². The van der Waals surface area contributed by atoms with E-state index < -0.39 is 9.84 Å². The Morgan fingerprint density at radius 2 is 1.82 bits per heavy atom. The lowest BCUT2D eigenvalue weighted by atomic mass is 9.86. The largest absolute Gasteiger partial charge is 0.313 e. The average molecular weight is 263 g/mol. The summed E-state index contributed by atoms with van der Waals surface area (Å²) in [4.78, 5) is 0. The van der Waals surface area contributed by atoms with Crippen molar-refractivity contribution < 1.29 is 8.42 Å². The molecular weight excluding hydrogens is 234 g/mol. The van der Waals surface area contributed by atoms with Crippen LogP contribution in [0, 0.1) is 5.41 Å². The van der Waals surface area contributed by atoms with Crippen molar-refractivity contribution >= 4 is 9.84 Å². The lowest BCUT2D eigenvalue weighted by Gasteiger charge is -2.27. The second-order valence-corrected chi connectivity index (χ2v) is 8.18. The van der Waals surface area contributed by atoms with Crippen LogP contribution in [0.4, 0.5) is 0 Å². The first-order chi connectivity index (χ1) is 7.66. The van der Waals surface area contributed by atoms with Gasteiger partial charge in [-0.05, 0) is 18.8 Å². The Hall–Kier alpha value is -0.0900. The zero-order valence-corrected chi connectivity index (χ0v) is 12.9. The molecule has 0 bridgehead atoms. The molecule has 0 saturated carbocycles. The fraction of sp³-hybridized carbons (Fsp3) is 1.00. The molecule has 0 heterocycles. The minimum atomic E-state index is -2.87. The topological polar surface area (TPSA) is 46.2 Å². The van der Waals surface area contributed by atoms with Gasteiger partial charge in [-0.3, -0.25) is 0 Å². The molecule has 1 atom stereocenters. The number of hydrogen-bond acceptors (Lipinski definition) is 3. The van der Waals surface area contributed by atoms with Crippen molar-refractivity contribution in [2.75, 3.05) is 18.6 Å². The van der Waals surface area contributed by atoms with Gasteiger partial charge in [0, 0.05) is 18.8 Å². The van der Waals surface area contributed by atoms with Crippen LogP contribution in [0.15, 0.2) is 0 Å². The number of nitrogens with one attached hydrogen (secondary N) is 1. The van der Waals surface area contributed by atoms with Crippen LogP contribution >= 0.6 is 0 Å². The van der Waals surface area contributed by atoms with Gasteiger partial charge in [0.15, 0.2) is 0 Å². The zero-order valence-electron chi connectivity index (χ0n) is 12.0. The van der Waals surface area contributed by atoms with E-state index in [2.05, 4.69) is 26.1 Å². The van der Waals surface area contributed by atoms with Crippen LogP contribution in [0.1, 0.15) is 53.4 Å². The van der Waals surface area contributed by atoms with Crippen molar-refractivity contribution in [2.24, 2.45) is 5.41 Å². The van der Waals surface area contributed by atoms with Gasteiger partial charge < -0.3 is 5.32 Å². The summed E-state index contributed by atoms with van der Waals surface area (Å²) in [6.07, 6.45) is 6.26. The molecule has 0 rings (SSSR count). The van der Waals surface area contributed by atoms with Gasteiger partial charge in [0.1, 0.15) is 9.84 Å². The van der Waals surface area contributed by atoms with Crippen molar-refractivity contribution in [1.82, 2.24) is 5.32 Å². The lowest BCUT2D eigenvalue weighted by molar-refractivity contribution is 0.293. The van der Waals surface area contributed by atoms with Gasteiger partial charge in [0.05, 0.1) is 5.75 Å². The normalized spacial score (nSPS) is 14.9. The summed E-state index contributed by atoms with van der Waals surface area (Å²) in [5, 5.41) is 3.33. The molecule has 1 unspecified atom stereocenters. The third kappa shape index (κ3) is 10.8. The van der Waals surface area contributed by atoms with E-state index in [4.69, 9.17) is 0 Å². The summed E-state index contributed by atoms with van der Waals surface area (Å²) in [6, 6.07) is 0.0375. The standard InChI is InChI=1S/C13H29NO2S/c1-6-7-8-9-13(3,4)11-14-12(2)10-17(5,15)16/h12,14H,6-11H2,1-5H3. The van der Waals surface area contributed by atoms with Gasteiger partial charge in [-0.1, -0.05) is 40.0 Å². The molecule has 0 aliphatic rings. The fourth-order valence-electron chi connectivity index (χ4n) is 1.91. The molecule has 0 saturated heterocycles. The minimum absolute atomic E-state index is 0.0375. The number of sulfone groups is 1. The highest BCUT2D eigenvalue weighted by Gasteiger charge is 2.19. The van der Waals surface area contributed by atoms with E-state index in [9.17, 15) is 8.42 Å². The Balaban J connectivity index is 3.91. The van der Waals surface area contributed by atoms with Gasteiger partial charge >= 0.3 is 0 Å². The highest BCUT2D eigenvalue weighted by Crippen LogP contribution is 2.22. The average Bonchev–Trinajstić information content (AvgIpc) is 2.13. The third-order valence-corrected chi connectivity index (χ3v) is 4.04. The second-order valence-electron chi connectivity index (χ2n) is 6.00. The van der Waals surface area contributed by atoms with Gasteiger partial charge in [0.25, 0.3) is 0 Å². The van der Waals surface area contributed by atoms with E-state index in [-0.39, 0.29) is 17.2 Å². The molecule has 17 heavy (non-hydrogen) atoms. The molecule has 1 N–H and O–H groups in total. The predicted octanol–water partition coefficient (Wildman–Crippen LogP) is 2.62. The molecule has 0 fully saturated rings. The van der Waals surface area contributed by atoms with E-state index in [0.29, 0.717) is 0 Å². The van der Waals surface area contributed by atoms with Crippen molar-refractivity contribution in [3.63, 3.8) is 0 Å². The first-order valence-corrected chi connectivity index (χ1v) is 8.63. The predicted molar refractivity (Wildman–Crippen MR) is 75.1 cm³/mol. The Morgan fingerprint density at radius 1 is 1.24 bits per heavy atom. The lowest BCUT2D eigenvalue weighted by Crippen LogP contribution is -2.39. The molecule has 0 aromatic heterocycles. The molecule has 0 radical (unpaired) electrons. The maximum atomic E-state index is 11.1. The molecular formula is C13H29NO2S. The van der Waals surface area contributed by atoms with Crippen molar-refractivity contribution in [1.29, 1.82) is 0 Å². The Kier molecular flexibility index (Phi) is 7.33. The third-order valence-electron chi connectivity index (χ3n) is 2.94. The minimum Gasteiger partial charge on any atom is -0.313 e. The highest BCUT2D eigenvalue weighted by atomic mass is 32.2. The van der Waals surface area contributed by atoms with Crippen molar-refractivity contribution in [3.8, 4) is 0 Å². The Labute approximate surface area is 107 Å². The summed E-state index contributed by atoms with van der Waals surface area (Å²) in [5.41, 5.74) is 0.251. The maximum Gasteiger partial charge on any atom is 0.148 e. The molecule has 3 nitrogen and oxygen atoms in total. The van der Waals surface area contributed by atoms with Crippen LogP contribution in [0.3, 0.4) is 0 Å². The smallest absolute Gasteiger partial charge is 0.148 e. The quantitative estimate of drug-likeness (QED) is 0.650. The van der Waals surface area contributed by atoms with E-state index in [0.717, 1.165) is 6.54 Å². The molecule has 4 heteroatoms. The molecule has 0 aromatic carbocycles. The molecule has 0 spiro atoms. The van der Waals surface area contributed by atoms with Gasteiger partial charge in [-0.25, -0.2) is 8.42 Å². The van der Waals surface area contributed by atoms with Crippen molar-refractivity contribution in [2.45, 2.75) is 59.4 Å². The molecule has 0 amide bonds. The molecule has 104 valence electrons. The van der Waals surface area contributed by atoms with Crippen LogP contribution in [0.25, 0.3) is 0 Å². The second kappa shape index (κ2) is 7.37. The van der Waals surface area contributed by atoms with E-state index in [1.807, 2.05) is 6.92 Å².